The number of carbonyl (C=O) groups is 2. The van der Waals surface area contributed by atoms with Crippen LogP contribution in [0.3, 0.4) is 0 Å². The number of amides is 2. The molecule has 20 heavy (non-hydrogen) atoms. The maximum atomic E-state index is 12.4. The first-order valence-electron chi connectivity index (χ1n) is 6.70. The Bertz CT molecular complexity index is 518. The van der Waals surface area contributed by atoms with Crippen LogP contribution in [0.1, 0.15) is 18.4 Å². The third-order valence-corrected chi connectivity index (χ3v) is 3.93. The smallest absolute Gasteiger partial charge is 0.226 e. The molecule has 0 bridgehead atoms. The van der Waals surface area contributed by atoms with Gasteiger partial charge in [0.2, 0.25) is 11.8 Å². The van der Waals surface area contributed by atoms with Crippen molar-refractivity contribution in [3.63, 3.8) is 0 Å². The minimum absolute atomic E-state index is 0.0337. The monoisotopic (exact) mass is 294 g/mol. The van der Waals surface area contributed by atoms with Crippen molar-refractivity contribution in [3.8, 4) is 0 Å². The van der Waals surface area contributed by atoms with E-state index in [-0.39, 0.29) is 17.7 Å². The molecule has 0 radical (unpaired) electrons. The Morgan fingerprint density at radius 3 is 2.90 bits per heavy atom. The van der Waals surface area contributed by atoms with Crippen LogP contribution in [0.25, 0.3) is 0 Å². The second kappa shape index (κ2) is 6.27. The van der Waals surface area contributed by atoms with Crippen molar-refractivity contribution in [2.24, 2.45) is 5.92 Å². The molecule has 0 spiro atoms. The lowest BCUT2D eigenvalue weighted by Crippen LogP contribution is -2.42. The van der Waals surface area contributed by atoms with E-state index >= 15 is 0 Å². The minimum atomic E-state index is -0.192. The predicted molar refractivity (Wildman–Crippen MR) is 78.3 cm³/mol. The fraction of sp³-hybridized carbons (Fsp3) is 0.467. The summed E-state index contributed by atoms with van der Waals surface area (Å²) >= 11 is 5.94. The van der Waals surface area contributed by atoms with Gasteiger partial charge in [0.1, 0.15) is 0 Å². The summed E-state index contributed by atoms with van der Waals surface area (Å²) in [6, 6.07) is 7.47. The average Bonchev–Trinajstić information content (AvgIpc) is 2.41. The Morgan fingerprint density at radius 1 is 1.50 bits per heavy atom. The SMILES string of the molecule is CN1CCC(C(=O)N(C)Cc2cccc(Cl)c2)CC1=O. The standard InChI is InChI=1S/C15H19ClN2O2/c1-17-7-6-12(9-14(17)19)15(20)18(2)10-11-4-3-5-13(16)8-11/h3-5,8,12H,6-7,9-10H2,1-2H3. The van der Waals surface area contributed by atoms with Crippen molar-refractivity contribution >= 4 is 23.4 Å². The van der Waals surface area contributed by atoms with Gasteiger partial charge in [0.25, 0.3) is 0 Å². The second-order valence-electron chi connectivity index (χ2n) is 5.33. The summed E-state index contributed by atoms with van der Waals surface area (Å²) in [6.45, 7) is 1.17. The summed E-state index contributed by atoms with van der Waals surface area (Å²) in [5.74, 6) is -0.111. The van der Waals surface area contributed by atoms with E-state index in [1.807, 2.05) is 24.3 Å². The maximum Gasteiger partial charge on any atom is 0.226 e. The van der Waals surface area contributed by atoms with Crippen molar-refractivity contribution in [3.05, 3.63) is 34.9 Å². The lowest BCUT2D eigenvalue weighted by Gasteiger charge is -2.30. The molecule has 4 nitrogen and oxygen atoms in total. The van der Waals surface area contributed by atoms with E-state index < -0.39 is 0 Å². The number of benzene rings is 1. The zero-order chi connectivity index (χ0) is 14.7. The molecular weight excluding hydrogens is 276 g/mol. The molecule has 1 atom stereocenters. The van der Waals surface area contributed by atoms with Crippen molar-refractivity contribution in [2.45, 2.75) is 19.4 Å². The lowest BCUT2D eigenvalue weighted by atomic mass is 9.95. The van der Waals surface area contributed by atoms with Gasteiger partial charge >= 0.3 is 0 Å². The fourth-order valence-electron chi connectivity index (χ4n) is 2.45. The number of hydrogen-bond acceptors (Lipinski definition) is 2. The van der Waals surface area contributed by atoms with Crippen LogP contribution in [0.4, 0.5) is 0 Å². The largest absolute Gasteiger partial charge is 0.346 e. The van der Waals surface area contributed by atoms with Crippen LogP contribution in [0.15, 0.2) is 24.3 Å². The van der Waals surface area contributed by atoms with Crippen LogP contribution in [-0.2, 0) is 16.1 Å². The van der Waals surface area contributed by atoms with Crippen molar-refractivity contribution in [1.82, 2.24) is 9.80 Å². The summed E-state index contributed by atoms with van der Waals surface area (Å²) in [6.07, 6.45) is 1.05. The minimum Gasteiger partial charge on any atom is -0.346 e. The number of rotatable bonds is 3. The number of nitrogens with zero attached hydrogens (tertiary/aromatic N) is 2. The number of carbonyl (C=O) groups excluding carboxylic acids is 2. The highest BCUT2D eigenvalue weighted by atomic mass is 35.5. The zero-order valence-electron chi connectivity index (χ0n) is 11.8. The topological polar surface area (TPSA) is 40.6 Å². The normalized spacial score (nSPS) is 19.1. The molecule has 1 saturated heterocycles. The van der Waals surface area contributed by atoms with E-state index in [4.69, 9.17) is 11.6 Å². The number of likely N-dealkylation sites (tertiary alicyclic amines) is 1. The fourth-order valence-corrected chi connectivity index (χ4v) is 2.67. The Morgan fingerprint density at radius 2 is 2.25 bits per heavy atom. The van der Waals surface area contributed by atoms with Gasteiger partial charge in [0.05, 0.1) is 0 Å². The Labute approximate surface area is 124 Å². The van der Waals surface area contributed by atoms with Gasteiger partial charge in [0.15, 0.2) is 0 Å². The number of hydrogen-bond donors (Lipinski definition) is 0. The first-order chi connectivity index (χ1) is 9.47. The molecule has 1 aromatic carbocycles. The van der Waals surface area contributed by atoms with Gasteiger partial charge in [-0.2, -0.15) is 0 Å². The van der Waals surface area contributed by atoms with E-state index in [2.05, 4.69) is 0 Å². The van der Waals surface area contributed by atoms with Crippen molar-refractivity contribution < 1.29 is 9.59 Å². The van der Waals surface area contributed by atoms with Gasteiger partial charge < -0.3 is 9.80 Å². The Hall–Kier alpha value is -1.55. The average molecular weight is 295 g/mol. The second-order valence-corrected chi connectivity index (χ2v) is 5.77. The first-order valence-corrected chi connectivity index (χ1v) is 7.08. The molecular formula is C15H19ClN2O2. The molecule has 1 aliphatic heterocycles. The number of halogens is 1. The first kappa shape index (κ1) is 14.9. The van der Waals surface area contributed by atoms with Crippen LogP contribution in [0, 0.1) is 5.92 Å². The van der Waals surface area contributed by atoms with E-state index in [1.165, 1.54) is 0 Å². The van der Waals surface area contributed by atoms with E-state index in [9.17, 15) is 9.59 Å². The Kier molecular flexibility index (Phi) is 4.65. The van der Waals surface area contributed by atoms with Crippen molar-refractivity contribution in [1.29, 1.82) is 0 Å². The molecule has 1 aliphatic rings. The van der Waals surface area contributed by atoms with Gasteiger partial charge in [0, 0.05) is 44.5 Å². The third-order valence-electron chi connectivity index (χ3n) is 3.69. The molecule has 1 unspecified atom stereocenters. The molecule has 0 aliphatic carbocycles. The van der Waals surface area contributed by atoms with Crippen LogP contribution in [0.2, 0.25) is 5.02 Å². The molecule has 0 N–H and O–H groups in total. The van der Waals surface area contributed by atoms with E-state index in [0.717, 1.165) is 12.0 Å². The molecule has 1 heterocycles. The van der Waals surface area contributed by atoms with E-state index in [1.54, 1.807) is 23.9 Å². The maximum absolute atomic E-state index is 12.4. The summed E-state index contributed by atoms with van der Waals surface area (Å²) in [4.78, 5) is 27.4. The van der Waals surface area contributed by atoms with Crippen molar-refractivity contribution in [2.75, 3.05) is 20.6 Å². The van der Waals surface area contributed by atoms with Gasteiger partial charge in [-0.3, -0.25) is 9.59 Å². The van der Waals surface area contributed by atoms with Crippen LogP contribution < -0.4 is 0 Å². The van der Waals surface area contributed by atoms with Gasteiger partial charge in [-0.15, -0.1) is 0 Å². The summed E-state index contributed by atoms with van der Waals surface area (Å²) < 4.78 is 0. The zero-order valence-corrected chi connectivity index (χ0v) is 12.6. The summed E-state index contributed by atoms with van der Waals surface area (Å²) in [5.41, 5.74) is 0.993. The van der Waals surface area contributed by atoms with Crippen LogP contribution >= 0.6 is 11.6 Å². The summed E-state index contributed by atoms with van der Waals surface area (Å²) in [5, 5.41) is 0.665. The molecule has 2 rings (SSSR count). The highest BCUT2D eigenvalue weighted by Crippen LogP contribution is 2.20. The summed E-state index contributed by atoms with van der Waals surface area (Å²) in [7, 11) is 3.55. The lowest BCUT2D eigenvalue weighted by molar-refractivity contribution is -0.143. The molecule has 1 fully saturated rings. The van der Waals surface area contributed by atoms with Crippen LogP contribution in [0.5, 0.6) is 0 Å². The van der Waals surface area contributed by atoms with E-state index in [0.29, 0.717) is 24.5 Å². The molecule has 1 aromatic rings. The van der Waals surface area contributed by atoms with Gasteiger partial charge in [-0.1, -0.05) is 23.7 Å². The van der Waals surface area contributed by atoms with Crippen LogP contribution in [-0.4, -0.2) is 42.3 Å². The predicted octanol–water partition coefficient (Wildman–Crippen LogP) is 2.17. The highest BCUT2D eigenvalue weighted by Gasteiger charge is 2.30. The molecule has 0 aromatic heterocycles. The van der Waals surface area contributed by atoms with Gasteiger partial charge in [-0.05, 0) is 24.1 Å². The highest BCUT2D eigenvalue weighted by molar-refractivity contribution is 6.30. The molecule has 5 heteroatoms. The molecule has 2 amide bonds. The molecule has 0 saturated carbocycles. The molecule has 108 valence electrons. The third kappa shape index (κ3) is 3.51. The number of piperidine rings is 1. The Balaban J connectivity index is 1.97. The quantitative estimate of drug-likeness (QED) is 0.857. The van der Waals surface area contributed by atoms with Gasteiger partial charge in [-0.25, -0.2) is 0 Å².